The zero-order chi connectivity index (χ0) is 22.5. The lowest BCUT2D eigenvalue weighted by Gasteiger charge is -2.38. The molecule has 0 spiro atoms. The van der Waals surface area contributed by atoms with Gasteiger partial charge in [0.05, 0.1) is 13.1 Å². The molecule has 1 aromatic carbocycles. The molecule has 164 valence electrons. The fraction of sp³-hybridized carbons (Fsp3) is 0.263. The van der Waals surface area contributed by atoms with Gasteiger partial charge in [0.25, 0.3) is 5.92 Å². The number of anilines is 3. The normalized spacial score (nSPS) is 14.9. The van der Waals surface area contributed by atoms with Gasteiger partial charge < -0.3 is 15.5 Å². The molecule has 4 heterocycles. The van der Waals surface area contributed by atoms with E-state index in [9.17, 15) is 13.6 Å². The number of halogens is 2. The molecule has 11 nitrogen and oxygen atoms in total. The van der Waals surface area contributed by atoms with E-state index in [-0.39, 0.29) is 11.6 Å². The molecule has 1 aliphatic rings. The van der Waals surface area contributed by atoms with Crippen LogP contribution in [0, 0.1) is 0 Å². The van der Waals surface area contributed by atoms with Gasteiger partial charge in [-0.15, -0.1) is 0 Å². The zero-order valence-electron chi connectivity index (χ0n) is 17.1. The number of carbonyl (C=O) groups excluding carboxylic acids is 1. The second kappa shape index (κ2) is 7.21. The third-order valence-electron chi connectivity index (χ3n) is 4.93. The summed E-state index contributed by atoms with van der Waals surface area (Å²) in [6.45, 7) is -1.26. The largest absolute Gasteiger partial charge is 0.371 e. The highest BCUT2D eigenvalue weighted by atomic mass is 19.3. The maximum Gasteiger partial charge on any atom is 0.331 e. The lowest BCUT2D eigenvalue weighted by molar-refractivity contribution is -0.109. The molecule has 3 aromatic heterocycles. The van der Waals surface area contributed by atoms with E-state index in [0.29, 0.717) is 22.8 Å². The molecule has 1 saturated heterocycles. The monoisotopic (exact) mass is 440 g/mol. The Balaban J connectivity index is 1.48. The summed E-state index contributed by atoms with van der Waals surface area (Å²) in [5.41, 5.74) is 2.03. The Hall–Kier alpha value is -4.16. The van der Waals surface area contributed by atoms with E-state index in [0.717, 1.165) is 15.0 Å². The topological polar surface area (TPSA) is 119 Å². The number of nitrogens with one attached hydrogen (secondary N) is 2. The Morgan fingerprint density at radius 3 is 2.66 bits per heavy atom. The summed E-state index contributed by atoms with van der Waals surface area (Å²) in [5, 5.41) is 10.3. The third kappa shape index (κ3) is 3.46. The quantitative estimate of drug-likeness (QED) is 0.496. The number of benzene rings is 1. The first-order chi connectivity index (χ1) is 15.3. The number of hydrogen-bond donors (Lipinski definition) is 2. The fourth-order valence-electron chi connectivity index (χ4n) is 3.41. The van der Waals surface area contributed by atoms with Gasteiger partial charge in [-0.1, -0.05) is 12.1 Å². The third-order valence-corrected chi connectivity index (χ3v) is 4.93. The SMILES string of the molecule is CNc1nc(Nc2cccc(-c3ncn(C)n3)c2)nc2c1ncn2C(=O)N1CC(F)(F)C1. The van der Waals surface area contributed by atoms with Crippen molar-refractivity contribution in [3.8, 4) is 11.4 Å². The van der Waals surface area contributed by atoms with E-state index in [4.69, 9.17) is 0 Å². The molecule has 5 rings (SSSR count). The summed E-state index contributed by atoms with van der Waals surface area (Å²) in [7, 11) is 3.45. The molecule has 0 aliphatic carbocycles. The smallest absolute Gasteiger partial charge is 0.331 e. The predicted octanol–water partition coefficient (Wildman–Crippen LogP) is 2.33. The first-order valence-corrected chi connectivity index (χ1v) is 9.66. The molecule has 0 radical (unpaired) electrons. The minimum Gasteiger partial charge on any atom is -0.371 e. The van der Waals surface area contributed by atoms with Gasteiger partial charge in [-0.05, 0) is 12.1 Å². The van der Waals surface area contributed by atoms with Gasteiger partial charge in [0.1, 0.15) is 12.7 Å². The van der Waals surface area contributed by atoms with Crippen LogP contribution in [0.5, 0.6) is 0 Å². The van der Waals surface area contributed by atoms with Gasteiger partial charge in [-0.25, -0.2) is 28.1 Å². The number of carbonyl (C=O) groups is 1. The number of nitrogens with zero attached hydrogens (tertiary/aromatic N) is 8. The number of imidazole rings is 1. The van der Waals surface area contributed by atoms with Crippen LogP contribution in [0.15, 0.2) is 36.9 Å². The molecular weight excluding hydrogens is 422 g/mol. The number of aromatic nitrogens is 7. The van der Waals surface area contributed by atoms with Crippen molar-refractivity contribution in [1.82, 2.24) is 39.2 Å². The summed E-state index contributed by atoms with van der Waals surface area (Å²) in [4.78, 5) is 30.9. The first-order valence-electron chi connectivity index (χ1n) is 9.66. The van der Waals surface area contributed by atoms with Crippen LogP contribution in [0.1, 0.15) is 0 Å². The summed E-state index contributed by atoms with van der Waals surface area (Å²) in [6, 6.07) is 6.76. The van der Waals surface area contributed by atoms with E-state index < -0.39 is 25.0 Å². The van der Waals surface area contributed by atoms with E-state index in [1.165, 1.54) is 6.33 Å². The van der Waals surface area contributed by atoms with Crippen LogP contribution in [0.25, 0.3) is 22.6 Å². The minimum absolute atomic E-state index is 0.203. The van der Waals surface area contributed by atoms with Gasteiger partial charge in [0, 0.05) is 25.3 Å². The summed E-state index contributed by atoms with van der Waals surface area (Å²) >= 11 is 0. The predicted molar refractivity (Wildman–Crippen MR) is 112 cm³/mol. The molecule has 2 N–H and O–H groups in total. The molecule has 1 fully saturated rings. The second-order valence-corrected chi connectivity index (χ2v) is 7.37. The van der Waals surface area contributed by atoms with E-state index in [2.05, 4.69) is 35.7 Å². The van der Waals surface area contributed by atoms with Crippen molar-refractivity contribution in [3.63, 3.8) is 0 Å². The second-order valence-electron chi connectivity index (χ2n) is 7.37. The highest BCUT2D eigenvalue weighted by molar-refractivity contribution is 5.92. The summed E-state index contributed by atoms with van der Waals surface area (Å²) in [5.74, 6) is -1.70. The van der Waals surface area contributed by atoms with Gasteiger partial charge in [-0.3, -0.25) is 4.68 Å². The Bertz CT molecular complexity index is 1320. The van der Waals surface area contributed by atoms with E-state index >= 15 is 0 Å². The van der Waals surface area contributed by atoms with Gasteiger partial charge >= 0.3 is 6.03 Å². The fourth-order valence-corrected chi connectivity index (χ4v) is 3.41. The molecular formula is C19H18F2N10O. The molecule has 13 heteroatoms. The first kappa shape index (κ1) is 19.8. The van der Waals surface area contributed by atoms with Crippen LogP contribution in [-0.2, 0) is 7.05 Å². The number of likely N-dealkylation sites (tertiary alicyclic amines) is 1. The van der Waals surface area contributed by atoms with Crippen LogP contribution >= 0.6 is 0 Å². The Labute approximate surface area is 180 Å². The minimum atomic E-state index is -2.86. The standard InChI is InChI=1S/C19H18F2N10O/c1-22-15-13-16(31(10-23-13)18(32)30-7-19(20,21)8-30)27-17(26-15)25-12-5-3-4-11(6-12)14-24-9-29(2)28-14/h3-6,9-10H,7-8H2,1-2H3,(H2,22,25,26,27). The lowest BCUT2D eigenvalue weighted by Crippen LogP contribution is -2.59. The molecule has 4 aromatic rings. The van der Waals surface area contributed by atoms with Crippen molar-refractivity contribution >= 4 is 34.6 Å². The van der Waals surface area contributed by atoms with Gasteiger partial charge in [0.2, 0.25) is 5.95 Å². The molecule has 0 unspecified atom stereocenters. The average Bonchev–Trinajstić information content (AvgIpc) is 3.37. The van der Waals surface area contributed by atoms with Crippen LogP contribution in [0.4, 0.5) is 31.0 Å². The zero-order valence-corrected chi connectivity index (χ0v) is 17.1. The number of aryl methyl sites for hydroxylation is 1. The van der Waals surface area contributed by atoms with E-state index in [1.54, 1.807) is 25.1 Å². The summed E-state index contributed by atoms with van der Waals surface area (Å²) < 4.78 is 29.2. The number of alkyl halides is 2. The molecule has 1 aliphatic heterocycles. The van der Waals surface area contributed by atoms with Crippen LogP contribution in [0.3, 0.4) is 0 Å². The van der Waals surface area contributed by atoms with E-state index in [1.807, 2.05) is 24.3 Å². The van der Waals surface area contributed by atoms with Crippen molar-refractivity contribution in [2.45, 2.75) is 5.92 Å². The summed E-state index contributed by atoms with van der Waals surface area (Å²) in [6.07, 6.45) is 2.87. The Morgan fingerprint density at radius 1 is 1.16 bits per heavy atom. The maximum absolute atomic E-state index is 13.2. The number of rotatable bonds is 4. The molecule has 1 amide bonds. The number of fused-ring (bicyclic) bond motifs is 1. The highest BCUT2D eigenvalue weighted by Crippen LogP contribution is 2.29. The molecule has 32 heavy (non-hydrogen) atoms. The van der Waals surface area contributed by atoms with Crippen molar-refractivity contribution < 1.29 is 13.6 Å². The molecule has 0 bridgehead atoms. The van der Waals surface area contributed by atoms with Crippen molar-refractivity contribution in [2.24, 2.45) is 7.05 Å². The van der Waals surface area contributed by atoms with Crippen molar-refractivity contribution in [3.05, 3.63) is 36.9 Å². The Morgan fingerprint density at radius 2 is 1.97 bits per heavy atom. The van der Waals surface area contributed by atoms with Gasteiger partial charge in [0.15, 0.2) is 22.8 Å². The lowest BCUT2D eigenvalue weighted by atomic mass is 10.2. The van der Waals surface area contributed by atoms with Crippen LogP contribution in [-0.4, -0.2) is 71.3 Å². The van der Waals surface area contributed by atoms with Crippen molar-refractivity contribution in [1.29, 1.82) is 0 Å². The maximum atomic E-state index is 13.2. The average molecular weight is 440 g/mol. The molecule has 0 atom stereocenters. The van der Waals surface area contributed by atoms with Crippen LogP contribution < -0.4 is 10.6 Å². The van der Waals surface area contributed by atoms with Crippen molar-refractivity contribution in [2.75, 3.05) is 30.8 Å². The molecule has 0 saturated carbocycles. The number of hydrogen-bond acceptors (Lipinski definition) is 8. The van der Waals surface area contributed by atoms with Crippen LogP contribution in [0.2, 0.25) is 0 Å². The highest BCUT2D eigenvalue weighted by Gasteiger charge is 2.47. The number of amides is 1. The Kier molecular flexibility index (Phi) is 4.46. The van der Waals surface area contributed by atoms with Gasteiger partial charge in [-0.2, -0.15) is 15.1 Å².